The van der Waals surface area contributed by atoms with Gasteiger partial charge in [-0.1, -0.05) is 0 Å². The Kier molecular flexibility index (Phi) is 17.4. The van der Waals surface area contributed by atoms with E-state index < -0.39 is 37.6 Å². The molecule has 1 saturated heterocycles. The first-order chi connectivity index (χ1) is 31.5. The van der Waals surface area contributed by atoms with Gasteiger partial charge in [0.05, 0.1) is 12.7 Å². The van der Waals surface area contributed by atoms with Crippen molar-refractivity contribution in [1.82, 2.24) is 0 Å². The molecule has 0 saturated carbocycles. The Morgan fingerprint density at radius 3 is 0.582 bits per heavy atom. The Hall–Kier alpha value is -3.16. The van der Waals surface area contributed by atoms with Gasteiger partial charge in [0, 0.05) is 0 Å². The van der Waals surface area contributed by atoms with Gasteiger partial charge >= 0.3 is 397 Å². The molecule has 2 nitrogen and oxygen atoms in total. The van der Waals surface area contributed by atoms with Gasteiger partial charge in [0.1, 0.15) is 0 Å². The van der Waals surface area contributed by atoms with E-state index in [4.69, 9.17) is 4.74 Å². The molecule has 6 aromatic rings. The molecule has 7 rings (SSSR count). The van der Waals surface area contributed by atoms with Crippen LogP contribution in [-0.2, 0) is 38.6 Å². The van der Waals surface area contributed by atoms with E-state index >= 15 is 0 Å². The Labute approximate surface area is 417 Å². The van der Waals surface area contributed by atoms with Crippen LogP contribution in [0, 0.1) is 0 Å². The second-order valence-electron chi connectivity index (χ2n) is 24.2. The number of ether oxygens (including phenoxy) is 1. The third-order valence-corrected chi connectivity index (χ3v) is 60.1. The second-order valence-corrected chi connectivity index (χ2v) is 48.2. The first-order valence-electron chi connectivity index (χ1n) is 25.1. The molecule has 0 bridgehead atoms. The van der Waals surface area contributed by atoms with Gasteiger partial charge in [-0.3, -0.25) is 0 Å². The van der Waals surface area contributed by atoms with Crippen LogP contribution in [0.15, 0.2) is 182 Å². The maximum absolute atomic E-state index is 9.39. The summed E-state index contributed by atoms with van der Waals surface area (Å²) in [6.07, 6.45) is 0.583. The van der Waals surface area contributed by atoms with Gasteiger partial charge in [-0.25, -0.2) is 0 Å². The van der Waals surface area contributed by atoms with E-state index in [9.17, 15) is 1.41 Å². The van der Waals surface area contributed by atoms with E-state index in [1.807, 2.05) is 0 Å². The zero-order valence-electron chi connectivity index (χ0n) is 43.7. The maximum atomic E-state index is 9.39. The van der Waals surface area contributed by atoms with Crippen LogP contribution in [-0.4, -0.2) is 50.3 Å². The number of hydrogen-bond acceptors (Lipinski definition) is 2. The number of epoxide rings is 1. The largest absolute Gasteiger partial charge is 0.373 e. The summed E-state index contributed by atoms with van der Waals surface area (Å²) in [6, 6.07) is 68.6. The fourth-order valence-corrected chi connectivity index (χ4v) is 74.9. The van der Waals surface area contributed by atoms with Crippen LogP contribution >= 0.6 is 0 Å². The van der Waals surface area contributed by atoms with Crippen LogP contribution in [0.1, 0.15) is 123 Å². The molecular weight excluding hydrogens is 1030 g/mol. The van der Waals surface area contributed by atoms with Crippen LogP contribution in [0.4, 0.5) is 0 Å². The molecule has 4 heteroatoms. The minimum Gasteiger partial charge on any atom is -0.373 e. The summed E-state index contributed by atoms with van der Waals surface area (Å²) in [4.78, 5) is 0. The van der Waals surface area contributed by atoms with E-state index in [1.165, 1.54) is 33.4 Å². The van der Waals surface area contributed by atoms with Crippen molar-refractivity contribution in [3.8, 4) is 0 Å². The van der Waals surface area contributed by atoms with Gasteiger partial charge in [0.25, 0.3) is 0 Å². The molecular formula is C63H84O2Sn2. The molecule has 0 spiro atoms. The van der Waals surface area contributed by atoms with Crippen molar-refractivity contribution in [1.29, 1.82) is 0 Å². The van der Waals surface area contributed by atoms with Gasteiger partial charge in [0.15, 0.2) is 0 Å². The summed E-state index contributed by atoms with van der Waals surface area (Å²) in [5.41, 5.74) is 7.98. The first-order valence-corrected chi connectivity index (χ1v) is 39.6. The van der Waals surface area contributed by atoms with Crippen molar-refractivity contribution in [2.24, 2.45) is 0 Å². The first kappa shape index (κ1) is 53.2. The number of rotatable bonds is 20. The maximum Gasteiger partial charge on any atom is 0.0781 e. The van der Waals surface area contributed by atoms with E-state index in [0.29, 0.717) is 6.10 Å². The Morgan fingerprint density at radius 1 is 0.328 bits per heavy atom. The SMILES string of the molecule is CC(C)([CH2][Sn]([CH2]C(C)(C)c1ccccc1)([CH2]C(C)(C)c1ccccc1)[O][Sn]([CH2]C(C)(C)c1ccccc1)([CH2]C(C)(C)c1ccccc1)[CH2]C(C)(C)c1ccccc1)c1ccccc1.CC1CO1. The molecule has 1 aliphatic heterocycles. The zero-order valence-corrected chi connectivity index (χ0v) is 49.4. The molecule has 0 amide bonds. The summed E-state index contributed by atoms with van der Waals surface area (Å²) >= 11 is -8.23. The third kappa shape index (κ3) is 14.7. The third-order valence-electron chi connectivity index (χ3n) is 14.8. The van der Waals surface area contributed by atoms with E-state index in [2.05, 4.69) is 272 Å². The summed E-state index contributed by atoms with van der Waals surface area (Å²) in [7, 11) is 0. The average Bonchev–Trinajstić information content (AvgIpc) is 4.09. The molecule has 0 N–H and O–H groups in total. The smallest absolute Gasteiger partial charge is 0.0781 e. The van der Waals surface area contributed by atoms with E-state index in [-0.39, 0.29) is 32.5 Å². The zero-order chi connectivity index (χ0) is 48.6. The Balaban J connectivity index is 0.00000176. The number of hydrogen-bond donors (Lipinski definition) is 0. The summed E-state index contributed by atoms with van der Waals surface area (Å²) < 4.78 is 20.8. The minimum absolute atomic E-state index is 0.0900. The molecule has 1 atom stereocenters. The summed E-state index contributed by atoms with van der Waals surface area (Å²) in [5.74, 6) is 0. The van der Waals surface area contributed by atoms with E-state index in [1.54, 1.807) is 0 Å². The van der Waals surface area contributed by atoms with Gasteiger partial charge in [-0.05, 0) is 6.92 Å². The fourth-order valence-electron chi connectivity index (χ4n) is 11.9. The molecule has 0 aromatic heterocycles. The van der Waals surface area contributed by atoms with Crippen LogP contribution in [0.5, 0.6) is 0 Å². The molecule has 0 radical (unpaired) electrons. The van der Waals surface area contributed by atoms with Crippen molar-refractivity contribution in [2.45, 2.75) is 155 Å². The Bertz CT molecular complexity index is 1960. The molecule has 1 fully saturated rings. The Morgan fingerprint density at radius 2 is 0.463 bits per heavy atom. The van der Waals surface area contributed by atoms with Crippen molar-refractivity contribution in [2.75, 3.05) is 6.61 Å². The van der Waals surface area contributed by atoms with Crippen molar-refractivity contribution in [3.63, 3.8) is 0 Å². The molecule has 67 heavy (non-hydrogen) atoms. The van der Waals surface area contributed by atoms with Crippen LogP contribution in [0.3, 0.4) is 0 Å². The summed E-state index contributed by atoms with van der Waals surface area (Å²) in [5, 5.41) is 0. The van der Waals surface area contributed by atoms with Crippen molar-refractivity contribution in [3.05, 3.63) is 215 Å². The molecule has 1 aliphatic rings. The van der Waals surface area contributed by atoms with Gasteiger partial charge in [-0.2, -0.15) is 0 Å². The van der Waals surface area contributed by atoms with Gasteiger partial charge < -0.3 is 4.74 Å². The van der Waals surface area contributed by atoms with Crippen LogP contribution in [0.25, 0.3) is 0 Å². The average molecular weight is 1110 g/mol. The topological polar surface area (TPSA) is 21.8 Å². The van der Waals surface area contributed by atoms with Crippen molar-refractivity contribution >= 4 is 37.6 Å². The molecule has 356 valence electrons. The standard InChI is InChI=1S/6C10H13.C3H6O.O.2Sn/c6*1-10(2,3)9-7-5-4-6-8-9;1-3-2-4-3;;;/h6*4-8H,1H2,2-3H3;3H,2H2,1H3;;;. The predicted molar refractivity (Wildman–Crippen MR) is 294 cm³/mol. The van der Waals surface area contributed by atoms with Crippen molar-refractivity contribution < 1.29 is 6.15 Å². The quantitative estimate of drug-likeness (QED) is 0.0561. The summed E-state index contributed by atoms with van der Waals surface area (Å²) in [6.45, 7) is 33.5. The fraction of sp³-hybridized carbons (Fsp3) is 0.429. The second kappa shape index (κ2) is 21.9. The molecule has 0 aliphatic carbocycles. The molecule has 6 aromatic carbocycles. The van der Waals surface area contributed by atoms with Crippen LogP contribution in [0.2, 0.25) is 26.6 Å². The normalized spacial score (nSPS) is 15.1. The predicted octanol–water partition coefficient (Wildman–Crippen LogP) is 17.2. The van der Waals surface area contributed by atoms with Gasteiger partial charge in [-0.15, -0.1) is 0 Å². The number of benzene rings is 6. The van der Waals surface area contributed by atoms with Gasteiger partial charge in [0.2, 0.25) is 0 Å². The van der Waals surface area contributed by atoms with Crippen LogP contribution < -0.4 is 0 Å². The molecule has 1 heterocycles. The van der Waals surface area contributed by atoms with E-state index in [0.717, 1.165) is 33.2 Å². The monoisotopic (exact) mass is 1110 g/mol. The molecule has 1 unspecified atom stereocenters. The minimum atomic E-state index is -4.11.